The van der Waals surface area contributed by atoms with Crippen LogP contribution in [-0.2, 0) is 18.7 Å². The van der Waals surface area contributed by atoms with Gasteiger partial charge in [-0.25, -0.2) is 4.98 Å². The number of rotatable bonds is 7. The molecule has 9 heteroatoms. The molecule has 0 aromatic carbocycles. The fraction of sp³-hybridized carbons (Fsp3) is 0.333. The molecule has 0 aliphatic carbocycles. The van der Waals surface area contributed by atoms with Gasteiger partial charge in [0.05, 0.1) is 5.69 Å². The van der Waals surface area contributed by atoms with Gasteiger partial charge in [0.1, 0.15) is 0 Å². The van der Waals surface area contributed by atoms with E-state index in [9.17, 15) is 4.79 Å². The van der Waals surface area contributed by atoms with Gasteiger partial charge in [0.2, 0.25) is 0 Å². The van der Waals surface area contributed by atoms with Crippen molar-refractivity contribution in [2.75, 3.05) is 0 Å². The number of thiazole rings is 1. The molecule has 4 aromatic rings. The Morgan fingerprint density at radius 2 is 2.07 bits per heavy atom. The third kappa shape index (κ3) is 3.71. The number of aryl methyl sites for hydroxylation is 1. The highest BCUT2D eigenvalue weighted by Crippen LogP contribution is 2.29. The first-order valence-corrected chi connectivity index (χ1v) is 11.5. The van der Waals surface area contributed by atoms with E-state index in [-0.39, 0.29) is 5.56 Å². The van der Waals surface area contributed by atoms with Gasteiger partial charge in [-0.3, -0.25) is 9.20 Å². The van der Waals surface area contributed by atoms with Crippen LogP contribution in [0.3, 0.4) is 0 Å². The third-order valence-corrected chi connectivity index (χ3v) is 6.97. The summed E-state index contributed by atoms with van der Waals surface area (Å²) >= 11 is 4.80. The van der Waals surface area contributed by atoms with E-state index in [2.05, 4.69) is 45.0 Å². The molecule has 0 amide bonds. The minimum absolute atomic E-state index is 0.0436. The van der Waals surface area contributed by atoms with Crippen LogP contribution >= 0.6 is 34.4 Å². The number of thiophene rings is 1. The first kappa shape index (κ1) is 18.4. The summed E-state index contributed by atoms with van der Waals surface area (Å²) in [5.41, 5.74) is 1.85. The molecule has 6 nitrogen and oxygen atoms in total. The molecule has 4 heterocycles. The van der Waals surface area contributed by atoms with Crippen LogP contribution in [0.5, 0.6) is 0 Å². The molecule has 4 aromatic heterocycles. The van der Waals surface area contributed by atoms with Gasteiger partial charge in [-0.05, 0) is 18.9 Å². The summed E-state index contributed by atoms with van der Waals surface area (Å²) in [6.07, 6.45) is 3.78. The van der Waals surface area contributed by atoms with Crippen molar-refractivity contribution in [3.05, 3.63) is 50.0 Å². The summed E-state index contributed by atoms with van der Waals surface area (Å²) in [6, 6.07) is 3.79. The highest BCUT2D eigenvalue weighted by Gasteiger charge is 2.16. The Kier molecular flexibility index (Phi) is 5.42. The Morgan fingerprint density at radius 3 is 2.85 bits per heavy atom. The summed E-state index contributed by atoms with van der Waals surface area (Å²) < 4.78 is 3.74. The lowest BCUT2D eigenvalue weighted by atomic mass is 10.2. The molecule has 0 radical (unpaired) electrons. The van der Waals surface area contributed by atoms with Crippen molar-refractivity contribution in [1.82, 2.24) is 24.1 Å². The van der Waals surface area contributed by atoms with Crippen molar-refractivity contribution in [2.45, 2.75) is 44.1 Å². The number of hydrogen-bond donors (Lipinski definition) is 0. The van der Waals surface area contributed by atoms with E-state index < -0.39 is 0 Å². The maximum Gasteiger partial charge on any atom is 0.258 e. The molecule has 4 rings (SSSR count). The van der Waals surface area contributed by atoms with Crippen molar-refractivity contribution in [1.29, 1.82) is 0 Å². The molecule has 0 unspecified atom stereocenters. The smallest absolute Gasteiger partial charge is 0.258 e. The van der Waals surface area contributed by atoms with Crippen LogP contribution in [0.1, 0.15) is 30.8 Å². The molecule has 27 heavy (non-hydrogen) atoms. The number of hydrogen-bond acceptors (Lipinski definition) is 7. The van der Waals surface area contributed by atoms with E-state index in [0.29, 0.717) is 5.75 Å². The monoisotopic (exact) mass is 417 g/mol. The van der Waals surface area contributed by atoms with Crippen LogP contribution in [0, 0.1) is 0 Å². The van der Waals surface area contributed by atoms with Gasteiger partial charge in [-0.2, -0.15) is 0 Å². The summed E-state index contributed by atoms with van der Waals surface area (Å²) in [6.45, 7) is 5.17. The zero-order valence-electron chi connectivity index (χ0n) is 15.1. The highest BCUT2D eigenvalue weighted by molar-refractivity contribution is 7.98. The van der Waals surface area contributed by atoms with Crippen LogP contribution in [0.15, 0.2) is 39.0 Å². The zero-order valence-corrected chi connectivity index (χ0v) is 17.5. The van der Waals surface area contributed by atoms with Crippen molar-refractivity contribution in [3.8, 4) is 11.4 Å². The van der Waals surface area contributed by atoms with Gasteiger partial charge < -0.3 is 4.57 Å². The van der Waals surface area contributed by atoms with Crippen molar-refractivity contribution < 1.29 is 0 Å². The Bertz CT molecular complexity index is 1120. The maximum atomic E-state index is 12.1. The average Bonchev–Trinajstić information content (AvgIpc) is 3.39. The quantitative estimate of drug-likeness (QED) is 0.419. The lowest BCUT2D eigenvalue weighted by molar-refractivity contribution is 0.626. The normalized spacial score (nSPS) is 11.5. The number of aromatic nitrogens is 5. The van der Waals surface area contributed by atoms with Gasteiger partial charge in [-0.15, -0.1) is 32.9 Å². The lowest BCUT2D eigenvalue weighted by Crippen LogP contribution is -2.12. The van der Waals surface area contributed by atoms with E-state index in [1.807, 2.05) is 5.38 Å². The Balaban J connectivity index is 1.60. The molecule has 0 N–H and O–H groups in total. The Labute approximate surface area is 168 Å². The summed E-state index contributed by atoms with van der Waals surface area (Å²) in [7, 11) is 0. The first-order valence-electron chi connectivity index (χ1n) is 8.79. The van der Waals surface area contributed by atoms with Crippen molar-refractivity contribution in [2.24, 2.45) is 0 Å². The summed E-state index contributed by atoms with van der Waals surface area (Å²) in [5.74, 6) is 1.51. The second kappa shape index (κ2) is 7.95. The standard InChI is InChI=1S/C18H19N5OS3/c1-3-5-23-16(12-8-14(4-2)26-10-12)20-21-18(23)27-11-13-9-15(24)22-6-7-25-17(22)19-13/h6-10H,3-5,11H2,1-2H3. The van der Waals surface area contributed by atoms with Crippen LogP contribution in [-0.4, -0.2) is 24.1 Å². The van der Waals surface area contributed by atoms with E-state index in [0.717, 1.165) is 46.6 Å². The van der Waals surface area contributed by atoms with Gasteiger partial charge >= 0.3 is 0 Å². The molecule has 140 valence electrons. The Morgan fingerprint density at radius 1 is 1.19 bits per heavy atom. The van der Waals surface area contributed by atoms with Gasteiger partial charge in [-0.1, -0.05) is 25.6 Å². The van der Waals surface area contributed by atoms with Crippen molar-refractivity contribution >= 4 is 39.4 Å². The molecule has 0 aliphatic rings. The predicted molar refractivity (Wildman–Crippen MR) is 112 cm³/mol. The minimum Gasteiger partial charge on any atom is -0.302 e. The van der Waals surface area contributed by atoms with Gasteiger partial charge in [0.15, 0.2) is 15.9 Å². The highest BCUT2D eigenvalue weighted by atomic mass is 32.2. The molecule has 0 atom stereocenters. The molecule has 0 fully saturated rings. The second-order valence-electron chi connectivity index (χ2n) is 6.04. The zero-order chi connectivity index (χ0) is 18.8. The van der Waals surface area contributed by atoms with E-state index in [1.165, 1.54) is 16.2 Å². The molecular weight excluding hydrogens is 398 g/mol. The van der Waals surface area contributed by atoms with E-state index >= 15 is 0 Å². The minimum atomic E-state index is -0.0436. The van der Waals surface area contributed by atoms with Crippen molar-refractivity contribution in [3.63, 3.8) is 0 Å². The topological polar surface area (TPSA) is 65.1 Å². The molecular formula is C18H19N5OS3. The van der Waals surface area contributed by atoms with Crippen LogP contribution in [0.4, 0.5) is 0 Å². The number of nitrogens with zero attached hydrogens (tertiary/aromatic N) is 5. The molecule has 0 bridgehead atoms. The Hall–Kier alpha value is -1.97. The number of fused-ring (bicyclic) bond motifs is 1. The number of thioether (sulfide) groups is 1. The van der Waals surface area contributed by atoms with E-state index in [4.69, 9.17) is 0 Å². The lowest BCUT2D eigenvalue weighted by Gasteiger charge is -2.08. The fourth-order valence-electron chi connectivity index (χ4n) is 2.82. The average molecular weight is 418 g/mol. The molecule has 0 spiro atoms. The van der Waals surface area contributed by atoms with Crippen LogP contribution < -0.4 is 5.56 Å². The first-order chi connectivity index (χ1) is 13.2. The largest absolute Gasteiger partial charge is 0.302 e. The van der Waals surface area contributed by atoms with Gasteiger partial charge in [0, 0.05) is 45.8 Å². The molecule has 0 saturated carbocycles. The van der Waals surface area contributed by atoms with Crippen LogP contribution in [0.25, 0.3) is 16.3 Å². The fourth-order valence-corrected chi connectivity index (χ4v) is 5.23. The molecule has 0 saturated heterocycles. The van der Waals surface area contributed by atoms with Gasteiger partial charge in [0.25, 0.3) is 5.56 Å². The second-order valence-corrected chi connectivity index (χ2v) is 8.85. The maximum absolute atomic E-state index is 12.1. The van der Waals surface area contributed by atoms with E-state index in [1.54, 1.807) is 39.8 Å². The summed E-state index contributed by atoms with van der Waals surface area (Å²) in [4.78, 5) is 18.8. The molecule has 0 aliphatic heterocycles. The SMILES string of the molecule is CCCn1c(SCc2cc(=O)n3ccsc3n2)nnc1-c1csc(CC)c1. The van der Waals surface area contributed by atoms with Crippen LogP contribution in [0.2, 0.25) is 0 Å². The summed E-state index contributed by atoms with van der Waals surface area (Å²) in [5, 5.41) is 13.7. The predicted octanol–water partition coefficient (Wildman–Crippen LogP) is 4.34. The third-order valence-electron chi connectivity index (χ3n) is 4.13.